The Labute approximate surface area is 67.3 Å². The predicted molar refractivity (Wildman–Crippen MR) is 43.6 cm³/mol. The maximum absolute atomic E-state index is 11.8. The first kappa shape index (κ1) is 7.54. The molecule has 1 rings (SSSR count). The molecule has 0 aliphatic rings. The second-order valence-electron chi connectivity index (χ2n) is 2.08. The molecule has 1 aromatic carbocycles. The zero-order valence-electron chi connectivity index (χ0n) is 5.49. The third-order valence-corrected chi connectivity index (χ3v) is 1.88. The number of nitrogens with one attached hydrogen (secondary N) is 1. The molecule has 1 nitrogen and oxygen atoms in total. The van der Waals surface area contributed by atoms with E-state index in [-0.39, 0.29) is 0 Å². The number of aryl methyl sites for hydroxylation is 1. The molecule has 0 amide bonds. The summed E-state index contributed by atoms with van der Waals surface area (Å²) < 4.78 is 12.6. The van der Waals surface area contributed by atoms with Crippen molar-refractivity contribution in [1.82, 2.24) is 0 Å². The number of rotatable bonds is 1. The van der Waals surface area contributed by atoms with Gasteiger partial charge in [0, 0.05) is 4.47 Å². The minimum absolute atomic E-state index is 0.464. The summed E-state index contributed by atoms with van der Waals surface area (Å²) in [6.45, 7) is 1.95. The van der Waals surface area contributed by atoms with Crippen molar-refractivity contribution < 1.29 is 4.48 Å². The highest BCUT2D eigenvalue weighted by Crippen LogP contribution is 2.22. The second kappa shape index (κ2) is 3.01. The van der Waals surface area contributed by atoms with E-state index in [0.29, 0.717) is 5.69 Å². The van der Waals surface area contributed by atoms with Gasteiger partial charge in [-0.2, -0.15) is 0 Å². The van der Waals surface area contributed by atoms with E-state index >= 15 is 0 Å². The molecule has 0 aromatic heterocycles. The average Bonchev–Trinajstić information content (AvgIpc) is 1.88. The standard InChI is InChI=1S/C7H7BrFN/c1-5-2-3-7(10-9)6(8)4-5/h2-4,10H,1H3. The molecule has 0 saturated heterocycles. The van der Waals surface area contributed by atoms with Crippen LogP contribution in [0, 0.1) is 6.92 Å². The van der Waals surface area contributed by atoms with Crippen molar-refractivity contribution in [2.75, 3.05) is 5.54 Å². The Balaban J connectivity index is 3.07. The number of anilines is 1. The lowest BCUT2D eigenvalue weighted by Crippen LogP contribution is -1.83. The van der Waals surface area contributed by atoms with Crippen LogP contribution in [0.25, 0.3) is 0 Å². The molecule has 0 heterocycles. The molecule has 0 radical (unpaired) electrons. The van der Waals surface area contributed by atoms with Crippen molar-refractivity contribution in [3.05, 3.63) is 28.2 Å². The van der Waals surface area contributed by atoms with Crippen LogP contribution >= 0.6 is 15.9 Å². The highest BCUT2D eigenvalue weighted by molar-refractivity contribution is 9.10. The zero-order chi connectivity index (χ0) is 7.56. The van der Waals surface area contributed by atoms with Crippen LogP contribution in [0.1, 0.15) is 5.56 Å². The van der Waals surface area contributed by atoms with Gasteiger partial charge >= 0.3 is 0 Å². The van der Waals surface area contributed by atoms with Gasteiger partial charge in [0.2, 0.25) is 0 Å². The summed E-state index contributed by atoms with van der Waals surface area (Å²) in [6.07, 6.45) is 0. The molecule has 1 aromatic rings. The van der Waals surface area contributed by atoms with Crippen molar-refractivity contribution >= 4 is 21.6 Å². The zero-order valence-corrected chi connectivity index (χ0v) is 7.07. The third-order valence-electron chi connectivity index (χ3n) is 1.23. The highest BCUT2D eigenvalue weighted by atomic mass is 79.9. The van der Waals surface area contributed by atoms with Gasteiger partial charge < -0.3 is 0 Å². The largest absolute Gasteiger partial charge is 0.223 e. The number of hydrogen-bond acceptors (Lipinski definition) is 1. The smallest absolute Gasteiger partial charge is 0.0797 e. The van der Waals surface area contributed by atoms with Gasteiger partial charge in [-0.05, 0) is 40.5 Å². The Bertz CT molecular complexity index is 237. The van der Waals surface area contributed by atoms with Crippen molar-refractivity contribution in [2.45, 2.75) is 6.92 Å². The lowest BCUT2D eigenvalue weighted by Gasteiger charge is -1.99. The summed E-state index contributed by atoms with van der Waals surface area (Å²) in [4.78, 5) is 0. The lowest BCUT2D eigenvalue weighted by atomic mass is 10.2. The van der Waals surface area contributed by atoms with E-state index in [9.17, 15) is 4.48 Å². The Morgan fingerprint density at radius 2 is 2.20 bits per heavy atom. The van der Waals surface area contributed by atoms with Gasteiger partial charge in [0.1, 0.15) is 0 Å². The third kappa shape index (κ3) is 1.48. The van der Waals surface area contributed by atoms with Crippen LogP contribution in [-0.4, -0.2) is 0 Å². The second-order valence-corrected chi connectivity index (χ2v) is 2.93. The van der Waals surface area contributed by atoms with Gasteiger partial charge in [0.05, 0.1) is 5.69 Å². The molecule has 0 bridgehead atoms. The van der Waals surface area contributed by atoms with Gasteiger partial charge in [-0.15, -0.1) is 4.48 Å². The molecule has 0 aliphatic heterocycles. The van der Waals surface area contributed by atoms with Crippen LogP contribution in [0.3, 0.4) is 0 Å². The van der Waals surface area contributed by atoms with E-state index in [0.717, 1.165) is 10.0 Å². The summed E-state index contributed by atoms with van der Waals surface area (Å²) in [5.41, 5.74) is 3.14. The quantitative estimate of drug-likeness (QED) is 0.693. The van der Waals surface area contributed by atoms with Crippen LogP contribution in [-0.2, 0) is 0 Å². The van der Waals surface area contributed by atoms with Crippen molar-refractivity contribution in [3.8, 4) is 0 Å². The molecule has 0 saturated carbocycles. The van der Waals surface area contributed by atoms with E-state index < -0.39 is 0 Å². The minimum Gasteiger partial charge on any atom is -0.223 e. The fourth-order valence-corrected chi connectivity index (χ4v) is 1.26. The average molecular weight is 204 g/mol. The first-order valence-corrected chi connectivity index (χ1v) is 3.66. The molecular formula is C7H7BrFN. The molecule has 0 fully saturated rings. The van der Waals surface area contributed by atoms with Crippen molar-refractivity contribution in [2.24, 2.45) is 0 Å². The number of benzene rings is 1. The first-order valence-electron chi connectivity index (χ1n) is 2.87. The summed E-state index contributed by atoms with van der Waals surface area (Å²) in [5, 5.41) is 0. The predicted octanol–water partition coefficient (Wildman–Crippen LogP) is 3.05. The molecule has 0 aliphatic carbocycles. The molecular weight excluding hydrogens is 197 g/mol. The van der Waals surface area contributed by atoms with Gasteiger partial charge in [0.15, 0.2) is 0 Å². The van der Waals surface area contributed by atoms with Gasteiger partial charge in [-0.25, -0.2) is 5.54 Å². The lowest BCUT2D eigenvalue weighted by molar-refractivity contribution is 0.617. The van der Waals surface area contributed by atoms with Gasteiger partial charge in [-0.3, -0.25) is 0 Å². The summed E-state index contributed by atoms with van der Waals surface area (Å²) >= 11 is 3.20. The molecule has 1 N–H and O–H groups in total. The Kier molecular flexibility index (Phi) is 2.27. The Morgan fingerprint density at radius 1 is 1.50 bits per heavy atom. The van der Waals surface area contributed by atoms with Crippen molar-refractivity contribution in [3.63, 3.8) is 0 Å². The number of hydrogen-bond donors (Lipinski definition) is 1. The van der Waals surface area contributed by atoms with E-state index in [2.05, 4.69) is 15.9 Å². The topological polar surface area (TPSA) is 12.0 Å². The Hall–Kier alpha value is -0.570. The SMILES string of the molecule is Cc1ccc(NF)c(Br)c1. The van der Waals surface area contributed by atoms with Crippen molar-refractivity contribution in [1.29, 1.82) is 0 Å². The fraction of sp³-hybridized carbons (Fsp3) is 0.143. The minimum atomic E-state index is 0.464. The van der Waals surface area contributed by atoms with Crippen LogP contribution in [0.4, 0.5) is 10.2 Å². The summed E-state index contributed by atoms with van der Waals surface area (Å²) in [5.74, 6) is 0. The molecule has 54 valence electrons. The molecule has 10 heavy (non-hydrogen) atoms. The van der Waals surface area contributed by atoms with Crippen LogP contribution in [0.5, 0.6) is 0 Å². The molecule has 0 spiro atoms. The van der Waals surface area contributed by atoms with Crippen LogP contribution in [0.15, 0.2) is 22.7 Å². The highest BCUT2D eigenvalue weighted by Gasteiger charge is 1.96. The number of halogens is 2. The van der Waals surface area contributed by atoms with E-state index in [1.807, 2.05) is 19.1 Å². The van der Waals surface area contributed by atoms with Gasteiger partial charge in [-0.1, -0.05) is 6.07 Å². The first-order chi connectivity index (χ1) is 4.74. The van der Waals surface area contributed by atoms with Gasteiger partial charge in [0.25, 0.3) is 0 Å². The van der Waals surface area contributed by atoms with E-state index in [4.69, 9.17) is 0 Å². The Morgan fingerprint density at radius 3 is 2.70 bits per heavy atom. The summed E-state index contributed by atoms with van der Waals surface area (Å²) in [7, 11) is 0. The van der Waals surface area contributed by atoms with Crippen LogP contribution in [0.2, 0.25) is 0 Å². The maximum atomic E-state index is 11.8. The van der Waals surface area contributed by atoms with E-state index in [1.54, 1.807) is 11.6 Å². The summed E-state index contributed by atoms with van der Waals surface area (Å²) in [6, 6.07) is 5.37. The van der Waals surface area contributed by atoms with Crippen LogP contribution < -0.4 is 5.54 Å². The fourth-order valence-electron chi connectivity index (χ4n) is 0.697. The monoisotopic (exact) mass is 203 g/mol. The molecule has 3 heteroatoms. The molecule has 0 atom stereocenters. The van der Waals surface area contributed by atoms with E-state index in [1.165, 1.54) is 0 Å². The molecule has 0 unspecified atom stereocenters. The normalized spacial score (nSPS) is 9.50. The maximum Gasteiger partial charge on any atom is 0.0797 e.